The SMILES string of the molecule is CCOc1ccc(NC(=O)[C@@H]2CCCN2C(=O)Oc2ccccc2)cc1. The van der Waals surface area contributed by atoms with Gasteiger partial charge in [0.2, 0.25) is 5.91 Å². The number of nitrogens with zero attached hydrogens (tertiary/aromatic N) is 1. The molecule has 0 saturated carbocycles. The van der Waals surface area contributed by atoms with Crippen LogP contribution in [0.4, 0.5) is 10.5 Å². The number of rotatable bonds is 5. The lowest BCUT2D eigenvalue weighted by atomic mass is 10.2. The average molecular weight is 354 g/mol. The van der Waals surface area contributed by atoms with Gasteiger partial charge in [-0.15, -0.1) is 0 Å². The van der Waals surface area contributed by atoms with E-state index in [1.807, 2.05) is 13.0 Å². The summed E-state index contributed by atoms with van der Waals surface area (Å²) in [5, 5.41) is 2.86. The number of anilines is 1. The fourth-order valence-electron chi connectivity index (χ4n) is 2.93. The standard InChI is InChI=1S/C20H22N2O4/c1-2-25-16-12-10-15(11-13-16)21-19(23)18-9-6-14-22(18)20(24)26-17-7-4-3-5-8-17/h3-5,7-8,10-13,18H,2,6,9,14H2,1H3,(H,21,23)/t18-/m0/s1. The highest BCUT2D eigenvalue weighted by Crippen LogP contribution is 2.22. The quantitative estimate of drug-likeness (QED) is 0.889. The minimum atomic E-state index is -0.530. The maximum atomic E-state index is 12.6. The summed E-state index contributed by atoms with van der Waals surface area (Å²) in [7, 11) is 0. The molecule has 1 aliphatic rings. The Balaban J connectivity index is 1.61. The molecule has 0 spiro atoms. The van der Waals surface area contributed by atoms with Crippen LogP contribution in [0.25, 0.3) is 0 Å². The molecule has 2 aromatic rings. The van der Waals surface area contributed by atoms with E-state index in [0.29, 0.717) is 31.0 Å². The molecular weight excluding hydrogens is 332 g/mol. The molecule has 6 heteroatoms. The van der Waals surface area contributed by atoms with Crippen LogP contribution in [0.5, 0.6) is 11.5 Å². The summed E-state index contributed by atoms with van der Waals surface area (Å²) >= 11 is 0. The topological polar surface area (TPSA) is 67.9 Å². The second-order valence-electron chi connectivity index (χ2n) is 5.98. The van der Waals surface area contributed by atoms with Crippen molar-refractivity contribution in [1.82, 2.24) is 4.90 Å². The average Bonchev–Trinajstić information content (AvgIpc) is 3.14. The third kappa shape index (κ3) is 4.33. The van der Waals surface area contributed by atoms with E-state index in [9.17, 15) is 9.59 Å². The summed E-state index contributed by atoms with van der Waals surface area (Å²) in [5.41, 5.74) is 0.668. The first-order chi connectivity index (χ1) is 12.7. The molecule has 0 unspecified atom stereocenters. The van der Waals surface area contributed by atoms with E-state index in [4.69, 9.17) is 9.47 Å². The summed E-state index contributed by atoms with van der Waals surface area (Å²) in [4.78, 5) is 26.5. The highest BCUT2D eigenvalue weighted by Gasteiger charge is 2.35. The monoisotopic (exact) mass is 354 g/mol. The van der Waals surface area contributed by atoms with Crippen LogP contribution in [0.1, 0.15) is 19.8 Å². The predicted molar refractivity (Wildman–Crippen MR) is 98.4 cm³/mol. The Hall–Kier alpha value is -3.02. The van der Waals surface area contributed by atoms with Crippen LogP contribution < -0.4 is 14.8 Å². The second-order valence-corrected chi connectivity index (χ2v) is 5.98. The first kappa shape index (κ1) is 17.8. The van der Waals surface area contributed by atoms with Crippen molar-refractivity contribution in [2.24, 2.45) is 0 Å². The zero-order chi connectivity index (χ0) is 18.4. The Morgan fingerprint density at radius 1 is 1.08 bits per heavy atom. The molecule has 1 heterocycles. The van der Waals surface area contributed by atoms with Gasteiger partial charge in [0, 0.05) is 12.2 Å². The molecule has 3 rings (SSSR count). The highest BCUT2D eigenvalue weighted by atomic mass is 16.6. The fourth-order valence-corrected chi connectivity index (χ4v) is 2.93. The Morgan fingerprint density at radius 2 is 1.81 bits per heavy atom. The second kappa shape index (κ2) is 8.38. The first-order valence-electron chi connectivity index (χ1n) is 8.74. The molecule has 0 radical (unpaired) electrons. The van der Waals surface area contributed by atoms with Crippen molar-refractivity contribution in [3.63, 3.8) is 0 Å². The Bertz CT molecular complexity index is 746. The smallest absolute Gasteiger partial charge is 0.415 e. The number of hydrogen-bond donors (Lipinski definition) is 1. The molecule has 1 atom stereocenters. The lowest BCUT2D eigenvalue weighted by Gasteiger charge is -2.23. The van der Waals surface area contributed by atoms with E-state index in [1.165, 1.54) is 4.90 Å². The molecule has 0 aromatic heterocycles. The van der Waals surface area contributed by atoms with Crippen molar-refractivity contribution in [3.8, 4) is 11.5 Å². The number of hydrogen-bond acceptors (Lipinski definition) is 4. The first-order valence-corrected chi connectivity index (χ1v) is 8.74. The van der Waals surface area contributed by atoms with E-state index in [0.717, 1.165) is 12.2 Å². The number of amides is 2. The van der Waals surface area contributed by atoms with Crippen LogP contribution in [-0.2, 0) is 4.79 Å². The maximum Gasteiger partial charge on any atom is 0.415 e. The summed E-state index contributed by atoms with van der Waals surface area (Å²) in [5.74, 6) is 1.01. The number of para-hydroxylation sites is 1. The van der Waals surface area contributed by atoms with Gasteiger partial charge in [0.1, 0.15) is 17.5 Å². The molecule has 1 N–H and O–H groups in total. The molecule has 1 fully saturated rings. The molecule has 0 aliphatic carbocycles. The van der Waals surface area contributed by atoms with E-state index in [-0.39, 0.29) is 5.91 Å². The summed E-state index contributed by atoms with van der Waals surface area (Å²) in [6.45, 7) is 3.01. The van der Waals surface area contributed by atoms with Gasteiger partial charge in [-0.2, -0.15) is 0 Å². The van der Waals surface area contributed by atoms with Crippen molar-refractivity contribution >= 4 is 17.7 Å². The molecule has 2 aromatic carbocycles. The molecule has 2 amide bonds. The number of benzene rings is 2. The molecule has 1 saturated heterocycles. The number of ether oxygens (including phenoxy) is 2. The van der Waals surface area contributed by atoms with Crippen LogP contribution in [-0.4, -0.2) is 36.1 Å². The van der Waals surface area contributed by atoms with Crippen LogP contribution in [0, 0.1) is 0 Å². The minimum Gasteiger partial charge on any atom is -0.494 e. The number of carbonyl (C=O) groups is 2. The zero-order valence-electron chi connectivity index (χ0n) is 14.7. The Morgan fingerprint density at radius 3 is 2.50 bits per heavy atom. The van der Waals surface area contributed by atoms with Gasteiger partial charge in [0.25, 0.3) is 0 Å². The van der Waals surface area contributed by atoms with Gasteiger partial charge in [0.05, 0.1) is 6.61 Å². The van der Waals surface area contributed by atoms with Crippen molar-refractivity contribution in [2.45, 2.75) is 25.8 Å². The van der Waals surface area contributed by atoms with Crippen LogP contribution in [0.3, 0.4) is 0 Å². The van der Waals surface area contributed by atoms with Crippen LogP contribution in [0.2, 0.25) is 0 Å². The van der Waals surface area contributed by atoms with Gasteiger partial charge in [0.15, 0.2) is 0 Å². The normalized spacial score (nSPS) is 16.2. The van der Waals surface area contributed by atoms with Gasteiger partial charge in [-0.1, -0.05) is 18.2 Å². The Labute approximate surface area is 152 Å². The van der Waals surface area contributed by atoms with Gasteiger partial charge in [-0.25, -0.2) is 4.79 Å². The maximum absolute atomic E-state index is 12.6. The molecule has 136 valence electrons. The summed E-state index contributed by atoms with van der Waals surface area (Å²) < 4.78 is 10.8. The zero-order valence-corrected chi connectivity index (χ0v) is 14.7. The van der Waals surface area contributed by atoms with Crippen molar-refractivity contribution < 1.29 is 19.1 Å². The predicted octanol–water partition coefficient (Wildman–Crippen LogP) is 3.69. The molecular formula is C20H22N2O4. The summed E-state index contributed by atoms with van der Waals surface area (Å²) in [6.07, 6.45) is 0.887. The van der Waals surface area contributed by atoms with Gasteiger partial charge in [-0.05, 0) is 56.2 Å². The van der Waals surface area contributed by atoms with Crippen LogP contribution in [0.15, 0.2) is 54.6 Å². The fraction of sp³-hybridized carbons (Fsp3) is 0.300. The van der Waals surface area contributed by atoms with E-state index in [2.05, 4.69) is 5.32 Å². The van der Waals surface area contributed by atoms with Crippen molar-refractivity contribution in [2.75, 3.05) is 18.5 Å². The minimum absolute atomic E-state index is 0.211. The van der Waals surface area contributed by atoms with E-state index < -0.39 is 12.1 Å². The summed E-state index contributed by atoms with van der Waals surface area (Å²) in [6, 6.07) is 15.5. The molecule has 0 bridgehead atoms. The lowest BCUT2D eigenvalue weighted by molar-refractivity contribution is -0.119. The third-order valence-electron chi connectivity index (χ3n) is 4.17. The highest BCUT2D eigenvalue weighted by molar-refractivity contribution is 5.97. The van der Waals surface area contributed by atoms with Crippen LogP contribution >= 0.6 is 0 Å². The van der Waals surface area contributed by atoms with Gasteiger partial charge >= 0.3 is 6.09 Å². The van der Waals surface area contributed by atoms with E-state index in [1.54, 1.807) is 48.5 Å². The van der Waals surface area contributed by atoms with Crippen molar-refractivity contribution in [3.05, 3.63) is 54.6 Å². The number of likely N-dealkylation sites (tertiary alicyclic amines) is 1. The van der Waals surface area contributed by atoms with Crippen molar-refractivity contribution in [1.29, 1.82) is 0 Å². The van der Waals surface area contributed by atoms with E-state index >= 15 is 0 Å². The third-order valence-corrected chi connectivity index (χ3v) is 4.17. The number of carbonyl (C=O) groups excluding carboxylic acids is 2. The number of nitrogens with one attached hydrogen (secondary N) is 1. The lowest BCUT2D eigenvalue weighted by Crippen LogP contribution is -2.44. The molecule has 6 nitrogen and oxygen atoms in total. The molecule has 1 aliphatic heterocycles. The largest absolute Gasteiger partial charge is 0.494 e. The van der Waals surface area contributed by atoms with Gasteiger partial charge in [-0.3, -0.25) is 9.69 Å². The molecule has 26 heavy (non-hydrogen) atoms. The Kier molecular flexibility index (Phi) is 5.73. The van der Waals surface area contributed by atoms with Gasteiger partial charge < -0.3 is 14.8 Å².